The lowest BCUT2D eigenvalue weighted by atomic mass is 10.2. The summed E-state index contributed by atoms with van der Waals surface area (Å²) in [7, 11) is 0. The van der Waals surface area contributed by atoms with Crippen LogP contribution in [0.2, 0.25) is 0 Å². The van der Waals surface area contributed by atoms with Gasteiger partial charge in [-0.25, -0.2) is 0 Å². The summed E-state index contributed by atoms with van der Waals surface area (Å²) >= 11 is 0. The van der Waals surface area contributed by atoms with Crippen LogP contribution < -0.4 is 5.43 Å². The SMILES string of the molecule is CCN1C(COCc2ccccc2)=NNC1O. The number of likely N-dealkylation sites (N-methyl/N-ethyl adjacent to an activating group) is 1. The zero-order chi connectivity index (χ0) is 12.1. The lowest BCUT2D eigenvalue weighted by Crippen LogP contribution is -2.41. The van der Waals surface area contributed by atoms with Gasteiger partial charge in [0, 0.05) is 6.54 Å². The van der Waals surface area contributed by atoms with Crippen molar-refractivity contribution in [3.8, 4) is 0 Å². The largest absolute Gasteiger partial charge is 0.369 e. The highest BCUT2D eigenvalue weighted by Crippen LogP contribution is 2.05. The third kappa shape index (κ3) is 2.95. The molecule has 0 saturated carbocycles. The van der Waals surface area contributed by atoms with Gasteiger partial charge in [0.15, 0.2) is 5.84 Å². The normalized spacial score (nSPS) is 19.1. The van der Waals surface area contributed by atoms with Gasteiger partial charge in [-0.05, 0) is 12.5 Å². The van der Waals surface area contributed by atoms with Crippen LogP contribution in [0.25, 0.3) is 0 Å². The van der Waals surface area contributed by atoms with E-state index in [1.165, 1.54) is 0 Å². The lowest BCUT2D eigenvalue weighted by molar-refractivity contribution is 0.0393. The molecule has 0 saturated heterocycles. The molecule has 1 atom stereocenters. The molecule has 1 aromatic rings. The van der Waals surface area contributed by atoms with Crippen molar-refractivity contribution in [1.29, 1.82) is 0 Å². The fourth-order valence-electron chi connectivity index (χ4n) is 1.71. The molecule has 92 valence electrons. The van der Waals surface area contributed by atoms with E-state index in [4.69, 9.17) is 4.74 Å². The number of nitrogens with zero attached hydrogens (tertiary/aromatic N) is 2. The standard InChI is InChI=1S/C12H17N3O2/c1-2-15-11(13-14-12(15)16)9-17-8-10-6-4-3-5-7-10/h3-7,12,14,16H,2,8-9H2,1H3. The van der Waals surface area contributed by atoms with Gasteiger partial charge >= 0.3 is 0 Å². The van der Waals surface area contributed by atoms with E-state index in [1.807, 2.05) is 37.3 Å². The Bertz CT molecular complexity index is 381. The second-order valence-corrected chi connectivity index (χ2v) is 3.80. The van der Waals surface area contributed by atoms with Gasteiger partial charge in [0.2, 0.25) is 6.35 Å². The summed E-state index contributed by atoms with van der Waals surface area (Å²) in [4.78, 5) is 1.75. The third-order valence-electron chi connectivity index (χ3n) is 2.62. The minimum absolute atomic E-state index is 0.396. The minimum atomic E-state index is -0.727. The molecule has 0 spiro atoms. The number of hydrazone groups is 1. The topological polar surface area (TPSA) is 57.1 Å². The van der Waals surface area contributed by atoms with Crippen LogP contribution >= 0.6 is 0 Å². The van der Waals surface area contributed by atoms with Crippen LogP contribution in [0.15, 0.2) is 35.4 Å². The first kappa shape index (κ1) is 11.9. The molecule has 2 N–H and O–H groups in total. The van der Waals surface area contributed by atoms with Crippen molar-refractivity contribution >= 4 is 5.84 Å². The monoisotopic (exact) mass is 235 g/mol. The van der Waals surface area contributed by atoms with Gasteiger partial charge in [0.05, 0.1) is 6.61 Å². The van der Waals surface area contributed by atoms with Crippen LogP contribution in [-0.4, -0.2) is 35.3 Å². The van der Waals surface area contributed by atoms with Crippen LogP contribution in [0.4, 0.5) is 0 Å². The Balaban J connectivity index is 1.79. The summed E-state index contributed by atoms with van der Waals surface area (Å²) < 4.78 is 5.56. The molecule has 0 radical (unpaired) electrons. The molecule has 0 aromatic heterocycles. The zero-order valence-electron chi connectivity index (χ0n) is 9.84. The van der Waals surface area contributed by atoms with Crippen molar-refractivity contribution in [3.63, 3.8) is 0 Å². The molecule has 5 heteroatoms. The van der Waals surface area contributed by atoms with Crippen LogP contribution in [-0.2, 0) is 11.3 Å². The van der Waals surface area contributed by atoms with Crippen LogP contribution in [0.3, 0.4) is 0 Å². The van der Waals surface area contributed by atoms with Gasteiger partial charge in [-0.3, -0.25) is 5.43 Å². The summed E-state index contributed by atoms with van der Waals surface area (Å²) in [6.45, 7) is 3.60. The highest BCUT2D eigenvalue weighted by atomic mass is 16.5. The van der Waals surface area contributed by atoms with Crippen molar-refractivity contribution in [2.45, 2.75) is 19.9 Å². The maximum atomic E-state index is 9.52. The minimum Gasteiger partial charge on any atom is -0.369 e. The van der Waals surface area contributed by atoms with E-state index >= 15 is 0 Å². The Hall–Kier alpha value is -1.59. The molecule has 1 aliphatic rings. The number of rotatable bonds is 5. The lowest BCUT2D eigenvalue weighted by Gasteiger charge is -2.20. The Morgan fingerprint density at radius 1 is 1.35 bits per heavy atom. The Labute approximate surface area is 101 Å². The molecule has 1 heterocycles. The second-order valence-electron chi connectivity index (χ2n) is 3.80. The fourth-order valence-corrected chi connectivity index (χ4v) is 1.71. The Morgan fingerprint density at radius 2 is 2.12 bits per heavy atom. The first-order valence-corrected chi connectivity index (χ1v) is 5.69. The molecular formula is C12H17N3O2. The van der Waals surface area contributed by atoms with E-state index in [0.29, 0.717) is 19.8 Å². The van der Waals surface area contributed by atoms with Gasteiger partial charge in [0.1, 0.15) is 6.61 Å². The smallest absolute Gasteiger partial charge is 0.221 e. The molecule has 0 bridgehead atoms. The molecule has 2 rings (SSSR count). The average Bonchev–Trinajstić information content (AvgIpc) is 2.71. The predicted molar refractivity (Wildman–Crippen MR) is 65.1 cm³/mol. The third-order valence-corrected chi connectivity index (χ3v) is 2.62. The first-order valence-electron chi connectivity index (χ1n) is 5.69. The molecule has 1 aliphatic heterocycles. The number of nitrogens with one attached hydrogen (secondary N) is 1. The van der Waals surface area contributed by atoms with E-state index in [-0.39, 0.29) is 0 Å². The van der Waals surface area contributed by atoms with Gasteiger partial charge in [-0.15, -0.1) is 0 Å². The Kier molecular flexibility index (Phi) is 3.95. The number of aliphatic hydroxyl groups excluding tert-OH is 1. The molecule has 0 fully saturated rings. The summed E-state index contributed by atoms with van der Waals surface area (Å²) in [6.07, 6.45) is -0.727. The summed E-state index contributed by atoms with van der Waals surface area (Å²) in [5.74, 6) is 0.732. The van der Waals surface area contributed by atoms with Crippen molar-refractivity contribution in [2.24, 2.45) is 5.10 Å². The number of benzene rings is 1. The van der Waals surface area contributed by atoms with Crippen LogP contribution in [0.5, 0.6) is 0 Å². The number of amidine groups is 1. The molecule has 5 nitrogen and oxygen atoms in total. The maximum Gasteiger partial charge on any atom is 0.221 e. The molecule has 0 amide bonds. The predicted octanol–water partition coefficient (Wildman–Crippen LogP) is 0.718. The highest BCUT2D eigenvalue weighted by Gasteiger charge is 2.23. The van der Waals surface area contributed by atoms with Gasteiger partial charge < -0.3 is 14.7 Å². The van der Waals surface area contributed by atoms with Gasteiger partial charge in [-0.2, -0.15) is 5.10 Å². The van der Waals surface area contributed by atoms with E-state index in [0.717, 1.165) is 11.4 Å². The number of ether oxygens (including phenoxy) is 1. The molecule has 1 aromatic carbocycles. The summed E-state index contributed by atoms with van der Waals surface area (Å²) in [5, 5.41) is 13.5. The van der Waals surface area contributed by atoms with Crippen molar-refractivity contribution in [1.82, 2.24) is 10.3 Å². The van der Waals surface area contributed by atoms with Gasteiger partial charge in [0.25, 0.3) is 0 Å². The number of aliphatic hydroxyl groups is 1. The average molecular weight is 235 g/mol. The summed E-state index contributed by atoms with van der Waals surface area (Å²) in [5.41, 5.74) is 3.74. The fraction of sp³-hybridized carbons (Fsp3) is 0.417. The van der Waals surface area contributed by atoms with E-state index in [9.17, 15) is 5.11 Å². The Morgan fingerprint density at radius 3 is 2.82 bits per heavy atom. The van der Waals surface area contributed by atoms with Crippen molar-refractivity contribution < 1.29 is 9.84 Å². The highest BCUT2D eigenvalue weighted by molar-refractivity contribution is 5.84. The zero-order valence-corrected chi connectivity index (χ0v) is 9.84. The summed E-state index contributed by atoms with van der Waals surface area (Å²) in [6, 6.07) is 9.97. The van der Waals surface area contributed by atoms with Crippen molar-refractivity contribution in [2.75, 3.05) is 13.2 Å². The quantitative estimate of drug-likeness (QED) is 0.789. The van der Waals surface area contributed by atoms with Gasteiger partial charge in [-0.1, -0.05) is 30.3 Å². The number of hydrogen-bond acceptors (Lipinski definition) is 5. The second kappa shape index (κ2) is 5.65. The molecule has 1 unspecified atom stereocenters. The maximum absolute atomic E-state index is 9.52. The first-order chi connectivity index (χ1) is 8.31. The molecule has 0 aliphatic carbocycles. The van der Waals surface area contributed by atoms with E-state index in [1.54, 1.807) is 4.90 Å². The van der Waals surface area contributed by atoms with Crippen LogP contribution in [0, 0.1) is 0 Å². The van der Waals surface area contributed by atoms with Crippen molar-refractivity contribution in [3.05, 3.63) is 35.9 Å². The van der Waals surface area contributed by atoms with E-state index < -0.39 is 6.35 Å². The molecule has 17 heavy (non-hydrogen) atoms. The number of hydrogen-bond donors (Lipinski definition) is 2. The van der Waals surface area contributed by atoms with E-state index in [2.05, 4.69) is 10.5 Å². The molecular weight excluding hydrogens is 218 g/mol. The van der Waals surface area contributed by atoms with Crippen LogP contribution in [0.1, 0.15) is 12.5 Å².